The fourth-order valence-electron chi connectivity index (χ4n) is 0.571. The average molecular weight is 228 g/mol. The van der Waals surface area contributed by atoms with Gasteiger partial charge in [0.1, 0.15) is 5.75 Å². The topological polar surface area (TPSA) is 126 Å². The van der Waals surface area contributed by atoms with Gasteiger partial charge in [-0.05, 0) is 12.1 Å². The van der Waals surface area contributed by atoms with Crippen LogP contribution in [0, 0.1) is 0 Å². The Bertz CT molecular complexity index is 328. The second-order valence-electron chi connectivity index (χ2n) is 2.35. The van der Waals surface area contributed by atoms with Crippen molar-refractivity contribution in [2.24, 2.45) is 0 Å². The molecule has 0 saturated carbocycles. The number of phenolic OH excluding ortho intramolecular Hbond substituents is 1. The number of aliphatic carboxylic acids is 2. The number of para-hydroxylation sites is 1. The highest BCUT2D eigenvalue weighted by molar-refractivity contribution is 5.89. The molecule has 0 unspecified atom stereocenters. The molecule has 6 heteroatoms. The van der Waals surface area contributed by atoms with Gasteiger partial charge in [-0.15, -0.1) is 0 Å². The SMILES string of the molecule is O.O=C(O)/C=C/C(=O)O.Oc1ccccc1. The van der Waals surface area contributed by atoms with Crippen LogP contribution in [0.15, 0.2) is 42.5 Å². The van der Waals surface area contributed by atoms with Crippen molar-refractivity contribution in [1.29, 1.82) is 0 Å². The molecule has 0 bridgehead atoms. The van der Waals surface area contributed by atoms with Crippen LogP contribution in [0.1, 0.15) is 0 Å². The first-order chi connectivity index (χ1) is 7.02. The summed E-state index contributed by atoms with van der Waals surface area (Å²) < 4.78 is 0. The Morgan fingerprint density at radius 1 is 0.938 bits per heavy atom. The Morgan fingerprint density at radius 3 is 1.50 bits per heavy atom. The van der Waals surface area contributed by atoms with Gasteiger partial charge in [0.25, 0.3) is 0 Å². The van der Waals surface area contributed by atoms with Crippen LogP contribution >= 0.6 is 0 Å². The van der Waals surface area contributed by atoms with E-state index in [-0.39, 0.29) is 5.48 Å². The van der Waals surface area contributed by atoms with Gasteiger partial charge in [-0.1, -0.05) is 18.2 Å². The van der Waals surface area contributed by atoms with E-state index in [9.17, 15) is 9.59 Å². The molecule has 0 heterocycles. The lowest BCUT2D eigenvalue weighted by molar-refractivity contribution is -0.134. The number of carboxylic acids is 2. The van der Waals surface area contributed by atoms with Crippen molar-refractivity contribution in [3.8, 4) is 5.75 Å². The van der Waals surface area contributed by atoms with E-state index < -0.39 is 11.9 Å². The molecule has 16 heavy (non-hydrogen) atoms. The van der Waals surface area contributed by atoms with Gasteiger partial charge >= 0.3 is 11.9 Å². The standard InChI is InChI=1S/C6H6O.C4H4O4.H2O/c7-6-4-2-1-3-5-6;5-3(6)1-2-4(7)8;/h1-5,7H;1-2H,(H,5,6)(H,7,8);1H2/b;2-1+;. The summed E-state index contributed by atoms with van der Waals surface area (Å²) in [4.78, 5) is 19.1. The zero-order valence-electron chi connectivity index (χ0n) is 8.20. The summed E-state index contributed by atoms with van der Waals surface area (Å²) in [6, 6.07) is 8.71. The van der Waals surface area contributed by atoms with E-state index in [0.29, 0.717) is 17.9 Å². The lowest BCUT2D eigenvalue weighted by Gasteiger charge is -1.82. The molecule has 0 radical (unpaired) electrons. The van der Waals surface area contributed by atoms with E-state index in [4.69, 9.17) is 15.3 Å². The quantitative estimate of drug-likeness (QED) is 0.626. The minimum atomic E-state index is -1.26. The second kappa shape index (κ2) is 9.22. The van der Waals surface area contributed by atoms with Crippen LogP contribution in [0.4, 0.5) is 0 Å². The zero-order chi connectivity index (χ0) is 11.7. The molecule has 6 nitrogen and oxygen atoms in total. The maximum Gasteiger partial charge on any atom is 0.328 e. The molecule has 0 spiro atoms. The number of aromatic hydroxyl groups is 1. The van der Waals surface area contributed by atoms with Crippen LogP contribution in [0.25, 0.3) is 0 Å². The first-order valence-corrected chi connectivity index (χ1v) is 3.90. The van der Waals surface area contributed by atoms with Crippen LogP contribution in [0.2, 0.25) is 0 Å². The Labute approximate surface area is 91.4 Å². The summed E-state index contributed by atoms with van der Waals surface area (Å²) >= 11 is 0. The Kier molecular flexibility index (Phi) is 9.28. The van der Waals surface area contributed by atoms with Gasteiger partial charge in [-0.3, -0.25) is 0 Å². The number of carbonyl (C=O) groups is 2. The number of carboxylic acid groups (broad SMARTS) is 2. The lowest BCUT2D eigenvalue weighted by atomic mass is 10.3. The molecule has 1 rings (SSSR count). The highest BCUT2D eigenvalue weighted by Gasteiger charge is 1.88. The maximum atomic E-state index is 9.55. The summed E-state index contributed by atoms with van der Waals surface area (Å²) in [7, 11) is 0. The van der Waals surface area contributed by atoms with Gasteiger partial charge in [0.2, 0.25) is 0 Å². The van der Waals surface area contributed by atoms with Crippen molar-refractivity contribution in [2.45, 2.75) is 0 Å². The number of benzene rings is 1. The molecule has 0 saturated heterocycles. The second-order valence-corrected chi connectivity index (χ2v) is 2.35. The minimum Gasteiger partial charge on any atom is -0.508 e. The summed E-state index contributed by atoms with van der Waals surface area (Å²) in [5.41, 5.74) is 0. The third-order valence-electron chi connectivity index (χ3n) is 1.12. The van der Waals surface area contributed by atoms with Gasteiger partial charge in [0, 0.05) is 12.2 Å². The Morgan fingerprint density at radius 2 is 1.31 bits per heavy atom. The molecule has 1 aromatic rings. The van der Waals surface area contributed by atoms with Crippen molar-refractivity contribution in [3.63, 3.8) is 0 Å². The maximum absolute atomic E-state index is 9.55. The van der Waals surface area contributed by atoms with Crippen LogP contribution in [0.5, 0.6) is 5.75 Å². The Hall–Kier alpha value is -2.34. The predicted molar refractivity (Wildman–Crippen MR) is 56.1 cm³/mol. The molecule has 0 aliphatic carbocycles. The molecule has 0 atom stereocenters. The highest BCUT2D eigenvalue weighted by atomic mass is 16.4. The summed E-state index contributed by atoms with van der Waals surface area (Å²) in [5, 5.41) is 24.3. The van der Waals surface area contributed by atoms with Gasteiger partial charge in [0.15, 0.2) is 0 Å². The van der Waals surface area contributed by atoms with Crippen molar-refractivity contribution in [3.05, 3.63) is 42.5 Å². The van der Waals surface area contributed by atoms with Crippen molar-refractivity contribution in [2.75, 3.05) is 0 Å². The van der Waals surface area contributed by atoms with E-state index in [1.54, 1.807) is 24.3 Å². The molecule has 0 amide bonds. The first-order valence-electron chi connectivity index (χ1n) is 3.90. The molecular formula is C10H12O6. The predicted octanol–water partition coefficient (Wildman–Crippen LogP) is 0.279. The lowest BCUT2D eigenvalue weighted by Crippen LogP contribution is -1.91. The van der Waals surface area contributed by atoms with Gasteiger partial charge < -0.3 is 20.8 Å². The summed E-state index contributed by atoms with van der Waals surface area (Å²) in [6.45, 7) is 0. The number of phenols is 1. The summed E-state index contributed by atoms with van der Waals surface area (Å²) in [6.07, 6.45) is 1.12. The first kappa shape index (κ1) is 16.1. The van der Waals surface area contributed by atoms with E-state index in [1.807, 2.05) is 6.07 Å². The molecular weight excluding hydrogens is 216 g/mol. The molecule has 0 fully saturated rings. The monoisotopic (exact) mass is 228 g/mol. The normalized spacial score (nSPS) is 8.50. The van der Waals surface area contributed by atoms with E-state index in [1.165, 1.54) is 0 Å². The van der Waals surface area contributed by atoms with Crippen molar-refractivity contribution < 1.29 is 30.4 Å². The zero-order valence-corrected chi connectivity index (χ0v) is 8.20. The number of hydrogen-bond acceptors (Lipinski definition) is 3. The van der Waals surface area contributed by atoms with Crippen LogP contribution in [0.3, 0.4) is 0 Å². The molecule has 0 aliphatic rings. The van der Waals surface area contributed by atoms with Crippen molar-refractivity contribution >= 4 is 11.9 Å². The number of rotatable bonds is 2. The van der Waals surface area contributed by atoms with E-state index >= 15 is 0 Å². The molecule has 88 valence electrons. The average Bonchev–Trinajstić information content (AvgIpc) is 2.17. The van der Waals surface area contributed by atoms with Crippen LogP contribution in [-0.2, 0) is 9.59 Å². The van der Waals surface area contributed by atoms with Gasteiger partial charge in [-0.2, -0.15) is 0 Å². The molecule has 1 aromatic carbocycles. The Balaban J connectivity index is 0. The molecule has 0 aliphatic heterocycles. The minimum absolute atomic E-state index is 0. The fraction of sp³-hybridized carbons (Fsp3) is 0. The van der Waals surface area contributed by atoms with Crippen LogP contribution in [-0.4, -0.2) is 32.7 Å². The highest BCUT2D eigenvalue weighted by Crippen LogP contribution is 2.02. The third kappa shape index (κ3) is 11.7. The molecule has 5 N–H and O–H groups in total. The van der Waals surface area contributed by atoms with Crippen LogP contribution < -0.4 is 0 Å². The molecule has 0 aromatic heterocycles. The van der Waals surface area contributed by atoms with E-state index in [0.717, 1.165) is 0 Å². The largest absolute Gasteiger partial charge is 0.508 e. The third-order valence-corrected chi connectivity index (χ3v) is 1.12. The van der Waals surface area contributed by atoms with Crippen molar-refractivity contribution in [1.82, 2.24) is 0 Å². The number of hydrogen-bond donors (Lipinski definition) is 3. The summed E-state index contributed by atoms with van der Waals surface area (Å²) in [5.74, 6) is -2.19. The van der Waals surface area contributed by atoms with E-state index in [2.05, 4.69) is 0 Å². The smallest absolute Gasteiger partial charge is 0.328 e. The van der Waals surface area contributed by atoms with Gasteiger partial charge in [0.05, 0.1) is 0 Å². The van der Waals surface area contributed by atoms with Gasteiger partial charge in [-0.25, -0.2) is 9.59 Å². The fourth-order valence-corrected chi connectivity index (χ4v) is 0.571.